The molecule has 0 fully saturated rings. The van der Waals surface area contributed by atoms with Crippen LogP contribution in [-0.4, -0.2) is 16.7 Å². The first-order valence-corrected chi connectivity index (χ1v) is 7.88. The Morgan fingerprint density at radius 2 is 2.05 bits per heavy atom. The molecule has 6 heteroatoms. The third-order valence-electron chi connectivity index (χ3n) is 2.66. The number of halogens is 2. The molecule has 1 N–H and O–H groups in total. The zero-order valence-corrected chi connectivity index (χ0v) is 14.3. The van der Waals surface area contributed by atoms with Gasteiger partial charge < -0.3 is 10.1 Å². The topological polar surface area (TPSA) is 47.0 Å². The minimum absolute atomic E-state index is 0.419. The molecular weight excluding hydrogens is 354 g/mol. The Bertz CT molecular complexity index is 590. The molecule has 2 aromatic rings. The van der Waals surface area contributed by atoms with Crippen molar-refractivity contribution in [1.29, 1.82) is 0 Å². The summed E-state index contributed by atoms with van der Waals surface area (Å²) in [5.41, 5.74) is 0.878. The van der Waals surface area contributed by atoms with Gasteiger partial charge in [-0.2, -0.15) is 5.10 Å². The number of rotatable bonds is 6. The van der Waals surface area contributed by atoms with Gasteiger partial charge in [0, 0.05) is 17.1 Å². The van der Waals surface area contributed by atoms with Crippen LogP contribution >= 0.6 is 27.5 Å². The Labute approximate surface area is 138 Å². The third kappa shape index (κ3) is 5.26. The SMILES string of the molecule is CC(C)CNCc1ccc(Oc2cc(Br)ccc2Cl)nn1. The molecule has 21 heavy (non-hydrogen) atoms. The van der Waals surface area contributed by atoms with Gasteiger partial charge in [-0.15, -0.1) is 5.10 Å². The lowest BCUT2D eigenvalue weighted by Gasteiger charge is -2.08. The molecule has 1 aromatic heterocycles. The zero-order chi connectivity index (χ0) is 15.2. The lowest BCUT2D eigenvalue weighted by molar-refractivity contribution is 0.452. The van der Waals surface area contributed by atoms with Gasteiger partial charge in [0.15, 0.2) is 0 Å². The first-order valence-electron chi connectivity index (χ1n) is 6.71. The fraction of sp³-hybridized carbons (Fsp3) is 0.333. The number of benzene rings is 1. The van der Waals surface area contributed by atoms with Crippen molar-refractivity contribution in [1.82, 2.24) is 15.5 Å². The van der Waals surface area contributed by atoms with Gasteiger partial charge in [-0.05, 0) is 36.7 Å². The minimum Gasteiger partial charge on any atom is -0.436 e. The monoisotopic (exact) mass is 369 g/mol. The van der Waals surface area contributed by atoms with Crippen molar-refractivity contribution in [3.05, 3.63) is 45.5 Å². The van der Waals surface area contributed by atoms with E-state index in [-0.39, 0.29) is 0 Å². The molecule has 0 amide bonds. The fourth-order valence-corrected chi connectivity index (χ4v) is 2.15. The summed E-state index contributed by atoms with van der Waals surface area (Å²) in [7, 11) is 0. The van der Waals surface area contributed by atoms with Crippen molar-refractivity contribution >= 4 is 27.5 Å². The van der Waals surface area contributed by atoms with Gasteiger partial charge in [-0.25, -0.2) is 0 Å². The summed E-state index contributed by atoms with van der Waals surface area (Å²) in [4.78, 5) is 0. The van der Waals surface area contributed by atoms with Crippen LogP contribution in [0.15, 0.2) is 34.8 Å². The van der Waals surface area contributed by atoms with Gasteiger partial charge in [0.1, 0.15) is 5.75 Å². The zero-order valence-electron chi connectivity index (χ0n) is 11.9. The van der Waals surface area contributed by atoms with E-state index in [0.29, 0.717) is 29.1 Å². The Morgan fingerprint density at radius 3 is 2.71 bits per heavy atom. The summed E-state index contributed by atoms with van der Waals surface area (Å²) >= 11 is 9.45. The van der Waals surface area contributed by atoms with E-state index < -0.39 is 0 Å². The van der Waals surface area contributed by atoms with Crippen LogP contribution in [0.25, 0.3) is 0 Å². The van der Waals surface area contributed by atoms with E-state index in [4.69, 9.17) is 16.3 Å². The van der Waals surface area contributed by atoms with Gasteiger partial charge >= 0.3 is 0 Å². The van der Waals surface area contributed by atoms with Crippen LogP contribution in [0.5, 0.6) is 11.6 Å². The average Bonchev–Trinajstić information content (AvgIpc) is 2.44. The second-order valence-electron chi connectivity index (χ2n) is 5.06. The first-order chi connectivity index (χ1) is 10.0. The lowest BCUT2D eigenvalue weighted by atomic mass is 10.2. The quantitative estimate of drug-likeness (QED) is 0.817. The minimum atomic E-state index is 0.419. The summed E-state index contributed by atoms with van der Waals surface area (Å²) in [6.07, 6.45) is 0. The van der Waals surface area contributed by atoms with Crippen LogP contribution in [0.4, 0.5) is 0 Å². The van der Waals surface area contributed by atoms with E-state index in [9.17, 15) is 0 Å². The Morgan fingerprint density at radius 1 is 1.24 bits per heavy atom. The van der Waals surface area contributed by atoms with Crippen LogP contribution in [-0.2, 0) is 6.54 Å². The van der Waals surface area contributed by atoms with Gasteiger partial charge in [0.2, 0.25) is 5.88 Å². The molecule has 0 unspecified atom stereocenters. The first kappa shape index (κ1) is 16.2. The van der Waals surface area contributed by atoms with E-state index in [2.05, 4.69) is 45.3 Å². The number of nitrogens with one attached hydrogen (secondary N) is 1. The summed E-state index contributed by atoms with van der Waals surface area (Å²) in [5.74, 6) is 1.58. The largest absolute Gasteiger partial charge is 0.436 e. The smallest absolute Gasteiger partial charge is 0.238 e. The number of nitrogens with zero attached hydrogens (tertiary/aromatic N) is 2. The molecule has 112 valence electrons. The summed E-state index contributed by atoms with van der Waals surface area (Å²) in [5, 5.41) is 12.0. The second kappa shape index (κ2) is 7.73. The number of ether oxygens (including phenoxy) is 1. The molecule has 0 aliphatic rings. The Hall–Kier alpha value is -1.17. The molecule has 0 spiro atoms. The predicted molar refractivity (Wildman–Crippen MR) is 87.8 cm³/mol. The summed E-state index contributed by atoms with van der Waals surface area (Å²) in [6, 6.07) is 9.09. The summed E-state index contributed by atoms with van der Waals surface area (Å²) in [6.45, 7) is 5.98. The van der Waals surface area contributed by atoms with E-state index >= 15 is 0 Å². The van der Waals surface area contributed by atoms with Crippen LogP contribution in [0.2, 0.25) is 5.02 Å². The fourth-order valence-electron chi connectivity index (χ4n) is 1.65. The van der Waals surface area contributed by atoms with E-state index in [1.165, 1.54) is 0 Å². The number of hydrogen-bond acceptors (Lipinski definition) is 4. The molecule has 0 saturated heterocycles. The molecule has 1 aromatic carbocycles. The molecule has 1 heterocycles. The van der Waals surface area contributed by atoms with Crippen molar-refractivity contribution in [3.63, 3.8) is 0 Å². The normalized spacial score (nSPS) is 10.9. The standard InChI is InChI=1S/C15H17BrClN3O/c1-10(2)8-18-9-12-4-6-15(20-19-12)21-14-7-11(16)3-5-13(14)17/h3-7,10,18H,8-9H2,1-2H3. The molecule has 0 aliphatic carbocycles. The van der Waals surface area contributed by atoms with E-state index in [1.54, 1.807) is 18.2 Å². The van der Waals surface area contributed by atoms with Gasteiger partial charge in [-0.1, -0.05) is 41.4 Å². The molecule has 0 saturated carbocycles. The van der Waals surface area contributed by atoms with Gasteiger partial charge in [-0.3, -0.25) is 0 Å². The highest BCUT2D eigenvalue weighted by atomic mass is 79.9. The van der Waals surface area contributed by atoms with Crippen molar-refractivity contribution in [2.75, 3.05) is 6.54 Å². The Balaban J connectivity index is 1.97. The van der Waals surface area contributed by atoms with Gasteiger partial charge in [0.25, 0.3) is 0 Å². The van der Waals surface area contributed by atoms with Crippen LogP contribution in [0.1, 0.15) is 19.5 Å². The molecular formula is C15H17BrClN3O. The third-order valence-corrected chi connectivity index (χ3v) is 3.47. The predicted octanol–water partition coefficient (Wildman–Crippen LogP) is 4.43. The van der Waals surface area contributed by atoms with Crippen molar-refractivity contribution in [2.24, 2.45) is 5.92 Å². The molecule has 0 bridgehead atoms. The second-order valence-corrected chi connectivity index (χ2v) is 6.39. The van der Waals surface area contributed by atoms with E-state index in [1.807, 2.05) is 12.1 Å². The number of hydrogen-bond donors (Lipinski definition) is 1. The highest BCUT2D eigenvalue weighted by Crippen LogP contribution is 2.30. The maximum Gasteiger partial charge on any atom is 0.238 e. The van der Waals surface area contributed by atoms with Crippen LogP contribution in [0.3, 0.4) is 0 Å². The summed E-state index contributed by atoms with van der Waals surface area (Å²) < 4.78 is 6.52. The van der Waals surface area contributed by atoms with Crippen molar-refractivity contribution in [3.8, 4) is 11.6 Å². The maximum atomic E-state index is 6.07. The highest BCUT2D eigenvalue weighted by Gasteiger charge is 2.06. The molecule has 0 aliphatic heterocycles. The average molecular weight is 371 g/mol. The van der Waals surface area contributed by atoms with E-state index in [0.717, 1.165) is 16.7 Å². The molecule has 0 atom stereocenters. The molecule has 0 radical (unpaired) electrons. The van der Waals surface area contributed by atoms with Crippen LogP contribution < -0.4 is 10.1 Å². The molecule has 4 nitrogen and oxygen atoms in total. The molecule has 2 rings (SSSR count). The lowest BCUT2D eigenvalue weighted by Crippen LogP contribution is -2.19. The number of aromatic nitrogens is 2. The Kier molecular flexibility index (Phi) is 5.96. The van der Waals surface area contributed by atoms with Crippen LogP contribution in [0, 0.1) is 5.92 Å². The van der Waals surface area contributed by atoms with Crippen molar-refractivity contribution in [2.45, 2.75) is 20.4 Å². The van der Waals surface area contributed by atoms with Crippen molar-refractivity contribution < 1.29 is 4.74 Å². The highest BCUT2D eigenvalue weighted by molar-refractivity contribution is 9.10. The van der Waals surface area contributed by atoms with Gasteiger partial charge in [0.05, 0.1) is 10.7 Å². The maximum absolute atomic E-state index is 6.07.